The SMILES string of the molecule is CCN(CC)C(=O)C(C)Oc1ccc(C)cc1Br. The number of likely N-dealkylation sites (N-methyl/N-ethyl adjacent to an activating group) is 1. The van der Waals surface area contributed by atoms with Gasteiger partial charge in [-0.25, -0.2) is 0 Å². The molecule has 0 saturated carbocycles. The molecule has 0 radical (unpaired) electrons. The Morgan fingerprint density at radius 3 is 2.50 bits per heavy atom. The Morgan fingerprint density at radius 1 is 1.39 bits per heavy atom. The third kappa shape index (κ3) is 3.73. The van der Waals surface area contributed by atoms with Crippen molar-refractivity contribution in [1.29, 1.82) is 0 Å². The summed E-state index contributed by atoms with van der Waals surface area (Å²) >= 11 is 3.45. The van der Waals surface area contributed by atoms with Gasteiger partial charge < -0.3 is 9.64 Å². The molecule has 0 saturated heterocycles. The smallest absolute Gasteiger partial charge is 0.263 e. The average Bonchev–Trinajstić information content (AvgIpc) is 2.34. The second kappa shape index (κ2) is 6.78. The summed E-state index contributed by atoms with van der Waals surface area (Å²) in [6.45, 7) is 9.15. The molecule has 0 aromatic heterocycles. The summed E-state index contributed by atoms with van der Waals surface area (Å²) in [6, 6.07) is 5.82. The van der Waals surface area contributed by atoms with E-state index in [1.54, 1.807) is 11.8 Å². The maximum absolute atomic E-state index is 12.1. The van der Waals surface area contributed by atoms with Crippen molar-refractivity contribution in [2.75, 3.05) is 13.1 Å². The van der Waals surface area contributed by atoms with E-state index in [1.807, 2.05) is 39.0 Å². The van der Waals surface area contributed by atoms with Crippen molar-refractivity contribution in [3.05, 3.63) is 28.2 Å². The van der Waals surface area contributed by atoms with Crippen molar-refractivity contribution in [1.82, 2.24) is 4.90 Å². The van der Waals surface area contributed by atoms with Crippen LogP contribution in [0, 0.1) is 6.92 Å². The number of rotatable bonds is 5. The number of ether oxygens (including phenoxy) is 1. The predicted octanol–water partition coefficient (Wildman–Crippen LogP) is 3.39. The van der Waals surface area contributed by atoms with Crippen LogP contribution >= 0.6 is 15.9 Å². The highest BCUT2D eigenvalue weighted by molar-refractivity contribution is 9.10. The minimum atomic E-state index is -0.469. The average molecular weight is 314 g/mol. The van der Waals surface area contributed by atoms with Gasteiger partial charge in [-0.1, -0.05) is 6.07 Å². The van der Waals surface area contributed by atoms with Crippen molar-refractivity contribution >= 4 is 21.8 Å². The fraction of sp³-hybridized carbons (Fsp3) is 0.500. The van der Waals surface area contributed by atoms with Crippen LogP contribution < -0.4 is 4.74 Å². The van der Waals surface area contributed by atoms with E-state index >= 15 is 0 Å². The van der Waals surface area contributed by atoms with Crippen LogP contribution in [-0.4, -0.2) is 30.0 Å². The Bertz CT molecular complexity index is 416. The first-order valence-corrected chi connectivity index (χ1v) is 7.00. The van der Waals surface area contributed by atoms with E-state index in [4.69, 9.17) is 4.74 Å². The van der Waals surface area contributed by atoms with Crippen molar-refractivity contribution in [2.24, 2.45) is 0 Å². The summed E-state index contributed by atoms with van der Waals surface area (Å²) in [5.74, 6) is 0.723. The number of halogens is 1. The third-order valence-corrected chi connectivity index (χ3v) is 3.43. The first-order valence-electron chi connectivity index (χ1n) is 6.21. The highest BCUT2D eigenvalue weighted by atomic mass is 79.9. The molecule has 0 aliphatic heterocycles. The van der Waals surface area contributed by atoms with Crippen molar-refractivity contribution in [3.8, 4) is 5.75 Å². The Kier molecular flexibility index (Phi) is 5.66. The standard InChI is InChI=1S/C14H20BrNO2/c1-5-16(6-2)14(17)11(4)18-13-8-7-10(3)9-12(13)15/h7-9,11H,5-6H2,1-4H3. The fourth-order valence-electron chi connectivity index (χ4n) is 1.73. The van der Waals surface area contributed by atoms with Crippen LogP contribution in [0.1, 0.15) is 26.3 Å². The maximum atomic E-state index is 12.1. The monoisotopic (exact) mass is 313 g/mol. The van der Waals surface area contributed by atoms with Gasteiger partial charge in [0.2, 0.25) is 0 Å². The van der Waals surface area contributed by atoms with Crippen LogP contribution in [0.25, 0.3) is 0 Å². The first kappa shape index (κ1) is 15.0. The molecule has 1 aromatic rings. The molecule has 0 aliphatic carbocycles. The fourth-order valence-corrected chi connectivity index (χ4v) is 2.32. The topological polar surface area (TPSA) is 29.5 Å². The van der Waals surface area contributed by atoms with Gasteiger partial charge in [0.25, 0.3) is 5.91 Å². The van der Waals surface area contributed by atoms with Crippen LogP contribution in [0.2, 0.25) is 0 Å². The quantitative estimate of drug-likeness (QED) is 0.834. The van der Waals surface area contributed by atoms with Crippen molar-refractivity contribution < 1.29 is 9.53 Å². The Labute approximate surface area is 117 Å². The lowest BCUT2D eigenvalue weighted by atomic mass is 10.2. The lowest BCUT2D eigenvalue weighted by molar-refractivity contribution is -0.137. The van der Waals surface area contributed by atoms with Crippen LogP contribution in [0.3, 0.4) is 0 Å². The molecule has 4 heteroatoms. The summed E-state index contributed by atoms with van der Waals surface area (Å²) in [5, 5.41) is 0. The molecule has 0 N–H and O–H groups in total. The molecule has 0 heterocycles. The summed E-state index contributed by atoms with van der Waals surface area (Å²) in [6.07, 6.45) is -0.469. The first-order chi connectivity index (χ1) is 8.49. The normalized spacial score (nSPS) is 12.1. The van der Waals surface area contributed by atoms with E-state index in [-0.39, 0.29) is 5.91 Å². The summed E-state index contributed by atoms with van der Waals surface area (Å²) in [5.41, 5.74) is 1.15. The minimum Gasteiger partial charge on any atom is -0.480 e. The molecule has 0 spiro atoms. The third-order valence-electron chi connectivity index (χ3n) is 2.81. The van der Waals surface area contributed by atoms with Crippen molar-refractivity contribution in [3.63, 3.8) is 0 Å². The second-order valence-corrected chi connectivity index (χ2v) is 5.06. The van der Waals surface area contributed by atoms with Crippen LogP contribution in [0.5, 0.6) is 5.75 Å². The zero-order valence-electron chi connectivity index (χ0n) is 11.4. The molecule has 1 unspecified atom stereocenters. The molecule has 0 bridgehead atoms. The highest BCUT2D eigenvalue weighted by Crippen LogP contribution is 2.26. The molecule has 0 aliphatic rings. The van der Waals surface area contributed by atoms with Crippen LogP contribution in [0.4, 0.5) is 0 Å². The van der Waals surface area contributed by atoms with Gasteiger partial charge in [0.1, 0.15) is 5.75 Å². The number of hydrogen-bond acceptors (Lipinski definition) is 2. The van der Waals surface area contributed by atoms with Gasteiger partial charge in [0.05, 0.1) is 4.47 Å². The number of carbonyl (C=O) groups excluding carboxylic acids is 1. The molecule has 1 amide bonds. The maximum Gasteiger partial charge on any atom is 0.263 e. The zero-order valence-corrected chi connectivity index (χ0v) is 13.0. The van der Waals surface area contributed by atoms with Gasteiger partial charge >= 0.3 is 0 Å². The molecule has 1 aromatic carbocycles. The Morgan fingerprint density at radius 2 is 2.00 bits per heavy atom. The van der Waals surface area contributed by atoms with Gasteiger partial charge in [0, 0.05) is 13.1 Å². The number of benzene rings is 1. The molecular weight excluding hydrogens is 294 g/mol. The number of hydrogen-bond donors (Lipinski definition) is 0. The number of nitrogens with zero attached hydrogens (tertiary/aromatic N) is 1. The summed E-state index contributed by atoms with van der Waals surface area (Å²) in [4.78, 5) is 13.8. The number of aryl methyl sites for hydroxylation is 1. The zero-order chi connectivity index (χ0) is 13.7. The Balaban J connectivity index is 2.75. The van der Waals surface area contributed by atoms with E-state index in [2.05, 4.69) is 15.9 Å². The van der Waals surface area contributed by atoms with Gasteiger partial charge in [-0.2, -0.15) is 0 Å². The molecule has 1 rings (SSSR count). The molecule has 1 atom stereocenters. The van der Waals surface area contributed by atoms with Gasteiger partial charge in [-0.05, 0) is 61.3 Å². The highest BCUT2D eigenvalue weighted by Gasteiger charge is 2.20. The van der Waals surface area contributed by atoms with E-state index in [9.17, 15) is 4.79 Å². The number of amides is 1. The lowest BCUT2D eigenvalue weighted by Crippen LogP contribution is -2.40. The summed E-state index contributed by atoms with van der Waals surface area (Å²) in [7, 11) is 0. The van der Waals surface area contributed by atoms with Crippen molar-refractivity contribution in [2.45, 2.75) is 33.8 Å². The van der Waals surface area contributed by atoms with E-state index in [1.165, 1.54) is 0 Å². The van der Waals surface area contributed by atoms with Gasteiger partial charge in [0.15, 0.2) is 6.10 Å². The molecule has 0 fully saturated rings. The second-order valence-electron chi connectivity index (χ2n) is 4.20. The van der Waals surface area contributed by atoms with Crippen LogP contribution in [0.15, 0.2) is 22.7 Å². The predicted molar refractivity (Wildman–Crippen MR) is 76.9 cm³/mol. The molecule has 18 heavy (non-hydrogen) atoms. The lowest BCUT2D eigenvalue weighted by Gasteiger charge is -2.23. The molecule has 100 valence electrons. The van der Waals surface area contributed by atoms with E-state index in [0.717, 1.165) is 10.0 Å². The van der Waals surface area contributed by atoms with Gasteiger partial charge in [-0.15, -0.1) is 0 Å². The van der Waals surface area contributed by atoms with E-state index in [0.29, 0.717) is 18.8 Å². The molecule has 3 nitrogen and oxygen atoms in total. The van der Waals surface area contributed by atoms with E-state index < -0.39 is 6.10 Å². The number of carbonyl (C=O) groups is 1. The summed E-state index contributed by atoms with van der Waals surface area (Å²) < 4.78 is 6.59. The minimum absolute atomic E-state index is 0.0208. The largest absolute Gasteiger partial charge is 0.480 e. The molecular formula is C14H20BrNO2. The van der Waals surface area contributed by atoms with Gasteiger partial charge in [-0.3, -0.25) is 4.79 Å². The Hall–Kier alpha value is -1.03. The van der Waals surface area contributed by atoms with Crippen LogP contribution in [-0.2, 0) is 4.79 Å².